The summed E-state index contributed by atoms with van der Waals surface area (Å²) in [5.41, 5.74) is 3.21. The molecule has 4 N–H and O–H groups in total. The zero-order valence-corrected chi connectivity index (χ0v) is 22.0. The van der Waals surface area contributed by atoms with E-state index in [9.17, 15) is 18.7 Å². The first kappa shape index (κ1) is 27.9. The Morgan fingerprint density at radius 2 is 2.05 bits per heavy atom. The number of amides is 1. The normalized spacial score (nSPS) is 16.6. The number of imidazole rings is 1. The monoisotopic (exact) mass is 525 g/mol. The maximum Gasteiger partial charge on any atom is 0.242 e. The van der Waals surface area contributed by atoms with Gasteiger partial charge in [0.2, 0.25) is 5.91 Å². The minimum absolute atomic E-state index is 0.0760. The number of nitrogens with zero attached hydrogens (tertiary/aromatic N) is 2. The van der Waals surface area contributed by atoms with Crippen LogP contribution in [0.5, 0.6) is 0 Å². The molecule has 1 amide bonds. The Labute approximate surface area is 222 Å². The summed E-state index contributed by atoms with van der Waals surface area (Å²) < 4.78 is 29.8. The van der Waals surface area contributed by atoms with Crippen molar-refractivity contribution in [2.75, 3.05) is 11.9 Å². The summed E-state index contributed by atoms with van der Waals surface area (Å²) in [6.07, 6.45) is 6.87. The van der Waals surface area contributed by atoms with Gasteiger partial charge in [0.05, 0.1) is 24.0 Å². The minimum atomic E-state index is -0.551. The van der Waals surface area contributed by atoms with E-state index in [2.05, 4.69) is 20.9 Å². The van der Waals surface area contributed by atoms with Crippen LogP contribution in [0.15, 0.2) is 48.9 Å². The molecule has 4 rings (SSSR count). The summed E-state index contributed by atoms with van der Waals surface area (Å²) in [7, 11) is 0. The molecule has 1 aliphatic rings. The predicted octanol–water partition coefficient (Wildman–Crippen LogP) is 4.27. The third-order valence-corrected chi connectivity index (χ3v) is 7.07. The van der Waals surface area contributed by atoms with Gasteiger partial charge in [-0.25, -0.2) is 13.8 Å². The van der Waals surface area contributed by atoms with Crippen LogP contribution in [0.2, 0.25) is 0 Å². The lowest BCUT2D eigenvalue weighted by Crippen LogP contribution is -2.48. The maximum atomic E-state index is 14.4. The number of anilines is 1. The highest BCUT2D eigenvalue weighted by Crippen LogP contribution is 2.26. The zero-order valence-electron chi connectivity index (χ0n) is 22.0. The van der Waals surface area contributed by atoms with Crippen LogP contribution in [0.25, 0.3) is 5.69 Å². The summed E-state index contributed by atoms with van der Waals surface area (Å²) in [5, 5.41) is 19.4. The van der Waals surface area contributed by atoms with Crippen LogP contribution >= 0.6 is 0 Å². The molecule has 1 heterocycles. The molecule has 0 saturated heterocycles. The van der Waals surface area contributed by atoms with Crippen molar-refractivity contribution in [3.8, 4) is 5.69 Å². The Balaban J connectivity index is 1.40. The van der Waals surface area contributed by atoms with Crippen molar-refractivity contribution in [3.05, 3.63) is 77.2 Å². The number of aromatic nitrogens is 2. The number of fused-ring (bicyclic) bond motifs is 1. The van der Waals surface area contributed by atoms with E-state index >= 15 is 0 Å². The molecular weight excluding hydrogens is 488 g/mol. The predicted molar refractivity (Wildman–Crippen MR) is 144 cm³/mol. The fraction of sp³-hybridized carbons (Fsp3) is 0.448. The van der Waals surface area contributed by atoms with E-state index in [1.165, 1.54) is 6.07 Å². The molecule has 7 nitrogen and oxygen atoms in total. The Bertz CT molecular complexity index is 1230. The van der Waals surface area contributed by atoms with E-state index in [1.54, 1.807) is 12.5 Å². The van der Waals surface area contributed by atoms with Gasteiger partial charge >= 0.3 is 0 Å². The smallest absolute Gasteiger partial charge is 0.242 e. The van der Waals surface area contributed by atoms with Gasteiger partial charge in [0.1, 0.15) is 18.0 Å². The Hall–Kier alpha value is -3.14. The molecule has 3 atom stereocenters. The lowest BCUT2D eigenvalue weighted by atomic mass is 9.87. The largest absolute Gasteiger partial charge is 0.392 e. The summed E-state index contributed by atoms with van der Waals surface area (Å²) in [5.74, 6) is -0.821. The average molecular weight is 526 g/mol. The number of nitrogens with one attached hydrogen (secondary N) is 3. The fourth-order valence-corrected chi connectivity index (χ4v) is 4.95. The molecule has 3 aromatic rings. The molecule has 0 aliphatic heterocycles. The van der Waals surface area contributed by atoms with Crippen molar-refractivity contribution >= 4 is 11.7 Å². The van der Waals surface area contributed by atoms with Gasteiger partial charge in [0.25, 0.3) is 0 Å². The van der Waals surface area contributed by atoms with Gasteiger partial charge in [-0.1, -0.05) is 38.5 Å². The van der Waals surface area contributed by atoms with Gasteiger partial charge in [-0.2, -0.15) is 0 Å². The number of para-hydroxylation sites is 1. The Morgan fingerprint density at radius 3 is 2.84 bits per heavy atom. The van der Waals surface area contributed by atoms with Crippen LogP contribution in [0.1, 0.15) is 56.2 Å². The summed E-state index contributed by atoms with van der Waals surface area (Å²) in [4.78, 5) is 17.6. The molecule has 9 heteroatoms. The Kier molecular flexibility index (Phi) is 9.60. The second kappa shape index (κ2) is 13.1. The molecule has 0 spiro atoms. The molecule has 204 valence electrons. The number of hydrogen-bond donors (Lipinski definition) is 4. The van der Waals surface area contributed by atoms with Crippen LogP contribution < -0.4 is 16.0 Å². The lowest BCUT2D eigenvalue weighted by Gasteiger charge is -2.29. The van der Waals surface area contributed by atoms with Crippen molar-refractivity contribution in [1.29, 1.82) is 0 Å². The molecule has 0 saturated carbocycles. The van der Waals surface area contributed by atoms with Crippen molar-refractivity contribution in [2.24, 2.45) is 0 Å². The van der Waals surface area contributed by atoms with Crippen molar-refractivity contribution in [1.82, 2.24) is 20.2 Å². The molecular formula is C29H37F2N5O2. The van der Waals surface area contributed by atoms with Crippen molar-refractivity contribution in [2.45, 2.75) is 77.1 Å². The average Bonchev–Trinajstić information content (AvgIpc) is 3.37. The van der Waals surface area contributed by atoms with Crippen LogP contribution in [0, 0.1) is 11.6 Å². The number of carbonyl (C=O) groups is 1. The number of rotatable bonds is 12. The van der Waals surface area contributed by atoms with E-state index < -0.39 is 17.7 Å². The van der Waals surface area contributed by atoms with Gasteiger partial charge in [0, 0.05) is 25.2 Å². The molecule has 2 aromatic carbocycles. The van der Waals surface area contributed by atoms with E-state index in [1.807, 2.05) is 42.7 Å². The number of hydrogen-bond acceptors (Lipinski definition) is 5. The standard InChI is InChI=1S/C29H37F2N5O2/c1-3-7-26(34-22-11-10-19-12-21(30)13-25(31)24(19)14-22)29(38)35-28-17-36(18-33-28)27-9-6-5-8-20(27)15-32-16-23(37)4-2/h5-6,8-9,12-13,17-18,22-23,26,32,34,37H,3-4,7,10-11,14-16H2,1-2H3,(H,35,38)/t22?,23?,26-/m0/s1. The van der Waals surface area contributed by atoms with Gasteiger partial charge in [0.15, 0.2) is 5.82 Å². The van der Waals surface area contributed by atoms with Crippen molar-refractivity contribution < 1.29 is 18.7 Å². The Morgan fingerprint density at radius 1 is 1.24 bits per heavy atom. The second-order valence-electron chi connectivity index (χ2n) is 9.95. The molecule has 0 fully saturated rings. The fourth-order valence-electron chi connectivity index (χ4n) is 4.95. The lowest BCUT2D eigenvalue weighted by molar-refractivity contribution is -0.118. The second-order valence-corrected chi connectivity index (χ2v) is 9.95. The molecule has 2 unspecified atom stereocenters. The third kappa shape index (κ3) is 7.03. The van der Waals surface area contributed by atoms with E-state index in [0.717, 1.165) is 23.7 Å². The quantitative estimate of drug-likeness (QED) is 0.284. The van der Waals surface area contributed by atoms with Crippen molar-refractivity contribution in [3.63, 3.8) is 0 Å². The molecule has 38 heavy (non-hydrogen) atoms. The first-order valence-corrected chi connectivity index (χ1v) is 13.4. The van der Waals surface area contributed by atoms with Gasteiger partial charge in [-0.15, -0.1) is 0 Å². The van der Waals surface area contributed by atoms with Gasteiger partial charge in [-0.05, 0) is 60.9 Å². The van der Waals surface area contributed by atoms with Crippen LogP contribution in [-0.4, -0.2) is 45.3 Å². The molecule has 0 radical (unpaired) electrons. The minimum Gasteiger partial charge on any atom is -0.392 e. The number of halogens is 2. The summed E-state index contributed by atoms with van der Waals surface area (Å²) in [6, 6.07) is 9.70. The zero-order chi connectivity index (χ0) is 27.1. The topological polar surface area (TPSA) is 91.2 Å². The van der Waals surface area contributed by atoms with E-state index in [4.69, 9.17) is 0 Å². The first-order valence-electron chi connectivity index (χ1n) is 13.4. The highest BCUT2D eigenvalue weighted by atomic mass is 19.1. The summed E-state index contributed by atoms with van der Waals surface area (Å²) >= 11 is 0. The summed E-state index contributed by atoms with van der Waals surface area (Å²) in [6.45, 7) is 5.06. The van der Waals surface area contributed by atoms with Gasteiger partial charge < -0.3 is 25.6 Å². The SMILES string of the molecule is CCC[C@H](NC1CCc2cc(F)cc(F)c2C1)C(=O)Nc1cn(-c2ccccc2CNCC(O)CC)cn1. The van der Waals surface area contributed by atoms with Crippen LogP contribution in [0.4, 0.5) is 14.6 Å². The van der Waals surface area contributed by atoms with E-state index in [0.29, 0.717) is 62.1 Å². The molecule has 1 aromatic heterocycles. The molecule has 0 bridgehead atoms. The number of aryl methyl sites for hydroxylation is 1. The number of benzene rings is 2. The van der Waals surface area contributed by atoms with Gasteiger partial charge in [-0.3, -0.25) is 4.79 Å². The molecule has 1 aliphatic carbocycles. The first-order chi connectivity index (χ1) is 18.4. The maximum absolute atomic E-state index is 14.4. The third-order valence-electron chi connectivity index (χ3n) is 7.07. The highest BCUT2D eigenvalue weighted by molar-refractivity contribution is 5.94. The van der Waals surface area contributed by atoms with Crippen LogP contribution in [-0.2, 0) is 24.2 Å². The highest BCUT2D eigenvalue weighted by Gasteiger charge is 2.27. The number of aliphatic hydroxyl groups is 1. The number of carbonyl (C=O) groups excluding carboxylic acids is 1. The van der Waals surface area contributed by atoms with Crippen LogP contribution in [0.3, 0.4) is 0 Å². The number of aliphatic hydroxyl groups excluding tert-OH is 1. The van der Waals surface area contributed by atoms with E-state index in [-0.39, 0.29) is 18.1 Å².